The Kier molecular flexibility index (Phi) is 5.13. The summed E-state index contributed by atoms with van der Waals surface area (Å²) >= 11 is 1.59. The molecule has 0 aliphatic rings. The van der Waals surface area contributed by atoms with E-state index in [0.717, 1.165) is 0 Å². The molecule has 0 amide bonds. The molecular formula is C7H16O2S. The lowest BCUT2D eigenvalue weighted by Crippen LogP contribution is -2.18. The molecule has 0 fully saturated rings. The van der Waals surface area contributed by atoms with Crippen LogP contribution < -0.4 is 0 Å². The van der Waals surface area contributed by atoms with Gasteiger partial charge in [-0.15, -0.1) is 0 Å². The molecular weight excluding hydrogens is 148 g/mol. The minimum absolute atomic E-state index is 0.217. The van der Waals surface area contributed by atoms with Crippen molar-refractivity contribution >= 4 is 11.8 Å². The van der Waals surface area contributed by atoms with Gasteiger partial charge in [0.15, 0.2) is 0 Å². The van der Waals surface area contributed by atoms with Crippen molar-refractivity contribution in [2.45, 2.75) is 38.2 Å². The molecule has 0 bridgehead atoms. The third-order valence-electron chi connectivity index (χ3n) is 1.28. The van der Waals surface area contributed by atoms with Crippen molar-refractivity contribution < 1.29 is 10.2 Å². The van der Waals surface area contributed by atoms with Crippen molar-refractivity contribution in [3.63, 3.8) is 0 Å². The van der Waals surface area contributed by atoms with Crippen LogP contribution in [-0.4, -0.2) is 33.4 Å². The highest BCUT2D eigenvalue weighted by Crippen LogP contribution is 2.14. The summed E-state index contributed by atoms with van der Waals surface area (Å²) in [5.41, 5.74) is 0. The maximum atomic E-state index is 9.03. The van der Waals surface area contributed by atoms with Crippen molar-refractivity contribution in [2.75, 3.05) is 5.75 Å². The first-order valence-electron chi connectivity index (χ1n) is 3.51. The van der Waals surface area contributed by atoms with E-state index in [4.69, 9.17) is 10.2 Å². The quantitative estimate of drug-likeness (QED) is 0.647. The molecule has 0 aromatic carbocycles. The first-order chi connectivity index (χ1) is 4.54. The predicted octanol–water partition coefficient (Wildman–Crippen LogP) is 0.870. The zero-order chi connectivity index (χ0) is 8.15. The number of hydrogen-bond donors (Lipinski definition) is 2. The zero-order valence-electron chi connectivity index (χ0n) is 6.74. The third-order valence-corrected chi connectivity index (χ3v) is 2.87. The Morgan fingerprint density at radius 2 is 1.70 bits per heavy atom. The Hall–Kier alpha value is 0.270. The summed E-state index contributed by atoms with van der Waals surface area (Å²) in [6.45, 7) is 5.47. The van der Waals surface area contributed by atoms with E-state index < -0.39 is 0 Å². The molecule has 0 aliphatic heterocycles. The summed E-state index contributed by atoms with van der Waals surface area (Å²) in [5.74, 6) is 0.700. The Bertz CT molecular complexity index is 83.7. The number of aliphatic hydroxyl groups excluding tert-OH is 2. The molecule has 2 N–H and O–H groups in total. The summed E-state index contributed by atoms with van der Waals surface area (Å²) in [6.07, 6.45) is -0.560. The lowest BCUT2D eigenvalue weighted by molar-refractivity contribution is 0.195. The SMILES string of the molecule is CC(O)C(C)SC[C@H](C)O. The van der Waals surface area contributed by atoms with Gasteiger partial charge in [-0.25, -0.2) is 0 Å². The molecule has 0 saturated carbocycles. The van der Waals surface area contributed by atoms with Gasteiger partial charge in [0, 0.05) is 11.0 Å². The Morgan fingerprint density at radius 3 is 2.00 bits per heavy atom. The van der Waals surface area contributed by atoms with E-state index in [1.165, 1.54) is 0 Å². The minimum Gasteiger partial charge on any atom is -0.393 e. The molecule has 10 heavy (non-hydrogen) atoms. The Morgan fingerprint density at radius 1 is 1.20 bits per heavy atom. The molecule has 0 saturated heterocycles. The molecule has 2 nitrogen and oxygen atoms in total. The van der Waals surface area contributed by atoms with Crippen molar-refractivity contribution in [1.82, 2.24) is 0 Å². The second-order valence-electron chi connectivity index (χ2n) is 2.63. The maximum Gasteiger partial charge on any atom is 0.0628 e. The summed E-state index contributed by atoms with van der Waals surface area (Å²) in [7, 11) is 0. The lowest BCUT2D eigenvalue weighted by atomic mass is 10.3. The highest BCUT2D eigenvalue weighted by Gasteiger charge is 2.09. The van der Waals surface area contributed by atoms with E-state index in [9.17, 15) is 0 Å². The molecule has 0 spiro atoms. The molecule has 62 valence electrons. The van der Waals surface area contributed by atoms with Gasteiger partial charge in [-0.2, -0.15) is 11.8 Å². The van der Waals surface area contributed by atoms with Crippen LogP contribution in [0.15, 0.2) is 0 Å². The molecule has 3 heteroatoms. The van der Waals surface area contributed by atoms with Crippen molar-refractivity contribution in [3.05, 3.63) is 0 Å². The first kappa shape index (κ1) is 10.3. The number of rotatable bonds is 4. The normalized spacial score (nSPS) is 20.1. The Labute approximate surface area is 66.6 Å². The highest BCUT2D eigenvalue weighted by atomic mass is 32.2. The van der Waals surface area contributed by atoms with Gasteiger partial charge in [-0.3, -0.25) is 0 Å². The van der Waals surface area contributed by atoms with Crippen LogP contribution in [0.2, 0.25) is 0 Å². The van der Waals surface area contributed by atoms with E-state index in [2.05, 4.69) is 0 Å². The number of aliphatic hydroxyl groups is 2. The summed E-state index contributed by atoms with van der Waals surface area (Å²) in [5, 5.41) is 18.1. The molecule has 3 atom stereocenters. The molecule has 0 heterocycles. The van der Waals surface area contributed by atoms with Crippen LogP contribution in [0.1, 0.15) is 20.8 Å². The molecule has 0 aromatic heterocycles. The van der Waals surface area contributed by atoms with E-state index in [0.29, 0.717) is 5.75 Å². The van der Waals surface area contributed by atoms with E-state index in [-0.39, 0.29) is 17.5 Å². The Balaban J connectivity index is 3.30. The molecule has 0 radical (unpaired) electrons. The van der Waals surface area contributed by atoms with Crippen molar-refractivity contribution in [2.24, 2.45) is 0 Å². The van der Waals surface area contributed by atoms with Crippen molar-refractivity contribution in [3.8, 4) is 0 Å². The number of thioether (sulfide) groups is 1. The highest BCUT2D eigenvalue weighted by molar-refractivity contribution is 7.99. The number of hydrogen-bond acceptors (Lipinski definition) is 3. The standard InChI is InChI=1S/C7H16O2S/c1-5(8)4-10-7(3)6(2)9/h5-9H,4H2,1-3H3/t5-,6?,7?/m0/s1. The van der Waals surface area contributed by atoms with Gasteiger partial charge in [-0.05, 0) is 13.8 Å². The van der Waals surface area contributed by atoms with Crippen LogP contribution in [0.25, 0.3) is 0 Å². The van der Waals surface area contributed by atoms with Crippen LogP contribution in [0.4, 0.5) is 0 Å². The second kappa shape index (κ2) is 4.99. The smallest absolute Gasteiger partial charge is 0.0628 e. The monoisotopic (exact) mass is 164 g/mol. The fourth-order valence-electron chi connectivity index (χ4n) is 0.430. The van der Waals surface area contributed by atoms with Gasteiger partial charge in [0.1, 0.15) is 0 Å². The summed E-state index contributed by atoms with van der Waals surface area (Å²) < 4.78 is 0. The van der Waals surface area contributed by atoms with Crippen LogP contribution in [0.3, 0.4) is 0 Å². The van der Waals surface area contributed by atoms with Gasteiger partial charge in [0.05, 0.1) is 12.2 Å². The molecule has 2 unspecified atom stereocenters. The average molecular weight is 164 g/mol. The second-order valence-corrected chi connectivity index (χ2v) is 4.04. The summed E-state index contributed by atoms with van der Waals surface area (Å²) in [4.78, 5) is 0. The molecule has 0 aromatic rings. The maximum absolute atomic E-state index is 9.03. The van der Waals surface area contributed by atoms with E-state index in [1.807, 2.05) is 6.92 Å². The lowest BCUT2D eigenvalue weighted by Gasteiger charge is -2.14. The predicted molar refractivity (Wildman–Crippen MR) is 45.3 cm³/mol. The van der Waals surface area contributed by atoms with Crippen LogP contribution >= 0.6 is 11.8 Å². The molecule has 0 aliphatic carbocycles. The van der Waals surface area contributed by atoms with Crippen molar-refractivity contribution in [1.29, 1.82) is 0 Å². The summed E-state index contributed by atoms with van der Waals surface area (Å²) in [6, 6.07) is 0. The minimum atomic E-state index is -0.288. The van der Waals surface area contributed by atoms with Crippen LogP contribution in [-0.2, 0) is 0 Å². The first-order valence-corrected chi connectivity index (χ1v) is 4.56. The van der Waals surface area contributed by atoms with Crippen LogP contribution in [0, 0.1) is 0 Å². The van der Waals surface area contributed by atoms with E-state index >= 15 is 0 Å². The fraction of sp³-hybridized carbons (Fsp3) is 1.00. The zero-order valence-corrected chi connectivity index (χ0v) is 7.56. The van der Waals surface area contributed by atoms with E-state index in [1.54, 1.807) is 25.6 Å². The van der Waals surface area contributed by atoms with Gasteiger partial charge in [0.2, 0.25) is 0 Å². The van der Waals surface area contributed by atoms with Gasteiger partial charge in [-0.1, -0.05) is 6.92 Å². The molecule has 0 rings (SSSR count). The topological polar surface area (TPSA) is 40.5 Å². The average Bonchev–Trinajstić information content (AvgIpc) is 1.82. The third kappa shape index (κ3) is 5.09. The van der Waals surface area contributed by atoms with Gasteiger partial charge in [0.25, 0.3) is 0 Å². The largest absolute Gasteiger partial charge is 0.393 e. The van der Waals surface area contributed by atoms with Gasteiger partial charge < -0.3 is 10.2 Å². The van der Waals surface area contributed by atoms with Crippen LogP contribution in [0.5, 0.6) is 0 Å². The fourth-order valence-corrected chi connectivity index (χ4v) is 1.29. The van der Waals surface area contributed by atoms with Gasteiger partial charge >= 0.3 is 0 Å².